The van der Waals surface area contributed by atoms with Crippen LogP contribution in [0.15, 0.2) is 12.1 Å². The lowest BCUT2D eigenvalue weighted by molar-refractivity contribution is -0.141. The van der Waals surface area contributed by atoms with E-state index in [1.165, 1.54) is 6.07 Å². The molecule has 2 fully saturated rings. The Hall–Kier alpha value is -2.12. The van der Waals surface area contributed by atoms with Gasteiger partial charge in [-0.3, -0.25) is 14.7 Å². The van der Waals surface area contributed by atoms with Gasteiger partial charge < -0.3 is 0 Å². The number of carbonyl (C=O) groups is 1. The predicted octanol–water partition coefficient (Wildman–Crippen LogP) is 4.69. The third kappa shape index (κ3) is 3.29. The molecule has 2 aromatic rings. The van der Waals surface area contributed by atoms with Gasteiger partial charge >= 0.3 is 6.18 Å². The summed E-state index contributed by atoms with van der Waals surface area (Å²) in [5, 5.41) is 2.83. The van der Waals surface area contributed by atoms with E-state index in [0.29, 0.717) is 23.8 Å². The number of aromatic nitrogens is 3. The number of amides is 1. The topological polar surface area (TPSA) is 59.8 Å². The van der Waals surface area contributed by atoms with Gasteiger partial charge in [0.15, 0.2) is 5.65 Å². The van der Waals surface area contributed by atoms with Gasteiger partial charge in [-0.15, -0.1) is 0 Å². The van der Waals surface area contributed by atoms with Crippen LogP contribution in [0.5, 0.6) is 0 Å². The number of alkyl halides is 3. The molecule has 0 radical (unpaired) electrons. The van der Waals surface area contributed by atoms with E-state index in [1.54, 1.807) is 4.57 Å². The van der Waals surface area contributed by atoms with Crippen LogP contribution >= 0.6 is 0 Å². The normalized spacial score (nSPS) is 19.0. The van der Waals surface area contributed by atoms with Gasteiger partial charge in [0.05, 0.1) is 0 Å². The highest BCUT2D eigenvalue weighted by atomic mass is 19.4. The number of nitrogens with zero attached hydrogens (tertiary/aromatic N) is 3. The lowest BCUT2D eigenvalue weighted by Crippen LogP contribution is -2.23. The number of carbonyl (C=O) groups excluding carboxylic acids is 1. The van der Waals surface area contributed by atoms with Crippen LogP contribution in [0.1, 0.15) is 63.1 Å². The van der Waals surface area contributed by atoms with Gasteiger partial charge in [-0.25, -0.2) is 9.97 Å². The maximum Gasteiger partial charge on any atom is 0.433 e. The molecule has 0 aliphatic heterocycles. The molecule has 0 atom stereocenters. The summed E-state index contributed by atoms with van der Waals surface area (Å²) < 4.78 is 40.8. The summed E-state index contributed by atoms with van der Waals surface area (Å²) >= 11 is 0. The fourth-order valence-corrected chi connectivity index (χ4v) is 3.86. The van der Waals surface area contributed by atoms with Crippen molar-refractivity contribution >= 4 is 23.0 Å². The van der Waals surface area contributed by atoms with Crippen LogP contribution in [0.3, 0.4) is 0 Å². The zero-order valence-electron chi connectivity index (χ0n) is 14.4. The van der Waals surface area contributed by atoms with E-state index in [0.717, 1.165) is 51.0 Å². The van der Waals surface area contributed by atoms with Crippen molar-refractivity contribution in [2.24, 2.45) is 5.92 Å². The van der Waals surface area contributed by atoms with Crippen LogP contribution in [0.2, 0.25) is 0 Å². The standard InChI is InChI=1S/C18H21F3N4O/c19-18(20,21)14-9-8-13-16(23-14)25(12-6-3-7-12)17(22-13)24-15(26)10-11-4-1-2-5-11/h8-9,11-12H,1-7,10H2,(H,22,24,26). The Morgan fingerprint density at radius 2 is 1.85 bits per heavy atom. The quantitative estimate of drug-likeness (QED) is 0.854. The number of rotatable bonds is 4. The van der Waals surface area contributed by atoms with Crippen molar-refractivity contribution in [1.82, 2.24) is 14.5 Å². The van der Waals surface area contributed by atoms with Crippen molar-refractivity contribution in [3.63, 3.8) is 0 Å². The van der Waals surface area contributed by atoms with E-state index >= 15 is 0 Å². The molecular formula is C18H21F3N4O. The average molecular weight is 366 g/mol. The lowest BCUT2D eigenvalue weighted by Gasteiger charge is -2.28. The van der Waals surface area contributed by atoms with E-state index in [2.05, 4.69) is 15.3 Å². The number of fused-ring (bicyclic) bond motifs is 1. The molecule has 2 saturated carbocycles. The molecule has 2 heterocycles. The molecule has 1 amide bonds. The third-order valence-electron chi connectivity index (χ3n) is 5.47. The summed E-state index contributed by atoms with van der Waals surface area (Å²) in [7, 11) is 0. The largest absolute Gasteiger partial charge is 0.433 e. The van der Waals surface area contributed by atoms with Crippen molar-refractivity contribution in [2.75, 3.05) is 5.32 Å². The van der Waals surface area contributed by atoms with Gasteiger partial charge in [-0.2, -0.15) is 13.2 Å². The number of anilines is 1. The molecule has 8 heteroatoms. The molecule has 0 spiro atoms. The Bertz CT molecular complexity index is 820. The van der Waals surface area contributed by atoms with Gasteiger partial charge in [0.2, 0.25) is 11.9 Å². The van der Waals surface area contributed by atoms with E-state index in [9.17, 15) is 18.0 Å². The maximum atomic E-state index is 13.0. The summed E-state index contributed by atoms with van der Waals surface area (Å²) in [6.45, 7) is 0. The Morgan fingerprint density at radius 3 is 2.46 bits per heavy atom. The monoisotopic (exact) mass is 366 g/mol. The molecule has 26 heavy (non-hydrogen) atoms. The van der Waals surface area contributed by atoms with E-state index < -0.39 is 11.9 Å². The van der Waals surface area contributed by atoms with Crippen LogP contribution in [-0.2, 0) is 11.0 Å². The molecule has 0 unspecified atom stereocenters. The number of halogens is 3. The van der Waals surface area contributed by atoms with Crippen molar-refractivity contribution < 1.29 is 18.0 Å². The van der Waals surface area contributed by atoms with Crippen LogP contribution < -0.4 is 5.32 Å². The number of imidazole rings is 1. The van der Waals surface area contributed by atoms with Gasteiger partial charge in [0.25, 0.3) is 0 Å². The second kappa shape index (κ2) is 6.55. The smallest absolute Gasteiger partial charge is 0.296 e. The van der Waals surface area contributed by atoms with Gasteiger partial charge in [0.1, 0.15) is 11.2 Å². The molecular weight excluding hydrogens is 345 g/mol. The first-order chi connectivity index (χ1) is 12.4. The summed E-state index contributed by atoms with van der Waals surface area (Å²) in [5.74, 6) is 0.592. The molecule has 0 aromatic carbocycles. The third-order valence-corrected chi connectivity index (χ3v) is 5.47. The van der Waals surface area contributed by atoms with Crippen molar-refractivity contribution in [2.45, 2.75) is 63.6 Å². The van der Waals surface area contributed by atoms with Crippen molar-refractivity contribution in [3.8, 4) is 0 Å². The van der Waals surface area contributed by atoms with E-state index in [1.807, 2.05) is 0 Å². The first-order valence-corrected chi connectivity index (χ1v) is 9.18. The Kier molecular flexibility index (Phi) is 4.36. The van der Waals surface area contributed by atoms with E-state index in [4.69, 9.17) is 0 Å². The number of hydrogen-bond donors (Lipinski definition) is 1. The summed E-state index contributed by atoms with van der Waals surface area (Å²) in [6, 6.07) is 2.30. The first-order valence-electron chi connectivity index (χ1n) is 9.18. The highest BCUT2D eigenvalue weighted by molar-refractivity contribution is 5.91. The van der Waals surface area contributed by atoms with Gasteiger partial charge in [-0.05, 0) is 50.2 Å². The fraction of sp³-hybridized carbons (Fsp3) is 0.611. The molecule has 140 valence electrons. The SMILES string of the molecule is O=C(CC1CCCC1)Nc1nc2ccc(C(F)(F)F)nc2n1C1CCC1. The van der Waals surface area contributed by atoms with Crippen LogP contribution in [-0.4, -0.2) is 20.4 Å². The summed E-state index contributed by atoms with van der Waals surface area (Å²) in [5.41, 5.74) is -0.365. The zero-order chi connectivity index (χ0) is 18.3. The molecule has 4 rings (SSSR count). The molecule has 0 saturated heterocycles. The Labute approximate surface area is 149 Å². The van der Waals surface area contributed by atoms with Gasteiger partial charge in [0, 0.05) is 12.5 Å². The number of hydrogen-bond acceptors (Lipinski definition) is 3. The zero-order valence-corrected chi connectivity index (χ0v) is 14.4. The van der Waals surface area contributed by atoms with Crippen molar-refractivity contribution in [3.05, 3.63) is 17.8 Å². The van der Waals surface area contributed by atoms with Crippen LogP contribution in [0.25, 0.3) is 11.2 Å². The minimum Gasteiger partial charge on any atom is -0.296 e. The summed E-state index contributed by atoms with van der Waals surface area (Å²) in [4.78, 5) is 20.5. The van der Waals surface area contributed by atoms with E-state index in [-0.39, 0.29) is 17.6 Å². The molecule has 0 bridgehead atoms. The second-order valence-corrected chi connectivity index (χ2v) is 7.33. The molecule has 2 aromatic heterocycles. The minimum absolute atomic E-state index is 0.0396. The molecule has 2 aliphatic rings. The Balaban J connectivity index is 1.65. The predicted molar refractivity (Wildman–Crippen MR) is 90.6 cm³/mol. The van der Waals surface area contributed by atoms with Crippen LogP contribution in [0, 0.1) is 5.92 Å². The highest BCUT2D eigenvalue weighted by Crippen LogP contribution is 2.38. The molecule has 5 nitrogen and oxygen atoms in total. The molecule has 1 N–H and O–H groups in total. The molecule has 2 aliphatic carbocycles. The number of nitrogens with one attached hydrogen (secondary N) is 1. The fourth-order valence-electron chi connectivity index (χ4n) is 3.86. The average Bonchev–Trinajstić information content (AvgIpc) is 3.13. The van der Waals surface area contributed by atoms with Crippen molar-refractivity contribution in [1.29, 1.82) is 0 Å². The van der Waals surface area contributed by atoms with Crippen LogP contribution in [0.4, 0.5) is 19.1 Å². The lowest BCUT2D eigenvalue weighted by atomic mass is 9.93. The second-order valence-electron chi connectivity index (χ2n) is 7.33. The summed E-state index contributed by atoms with van der Waals surface area (Å²) in [6.07, 6.45) is 3.09. The Morgan fingerprint density at radius 1 is 1.12 bits per heavy atom. The number of pyridine rings is 1. The minimum atomic E-state index is -4.51. The van der Waals surface area contributed by atoms with Gasteiger partial charge in [-0.1, -0.05) is 12.8 Å². The first kappa shape index (κ1) is 17.3. The maximum absolute atomic E-state index is 13.0. The highest BCUT2D eigenvalue weighted by Gasteiger charge is 2.34.